The zero-order chi connectivity index (χ0) is 98.8. The molecule has 2 aromatic heterocycles. The third kappa shape index (κ3) is 28.4. The number of hydrogen-bond donors (Lipinski definition) is 19. The lowest BCUT2D eigenvalue weighted by atomic mass is 10.00. The summed E-state index contributed by atoms with van der Waals surface area (Å²) in [6.45, 7) is 1.45. The number of carbonyl (C=O) groups excluding carboxylic acids is 17. The van der Waals surface area contributed by atoms with Crippen LogP contribution in [0.25, 0.3) is 21.8 Å². The first-order valence-corrected chi connectivity index (χ1v) is 44.7. The number of aromatic hydroxyl groups is 1. The summed E-state index contributed by atoms with van der Waals surface area (Å²) < 4.78 is 1.39. The molecule has 4 aliphatic rings. The van der Waals surface area contributed by atoms with E-state index in [0.717, 1.165) is 31.5 Å². The molecule has 45 nitrogen and oxygen atoms in total. The van der Waals surface area contributed by atoms with Gasteiger partial charge in [-0.15, -0.1) is 0 Å². The maximum absolute atomic E-state index is 15.8. The summed E-state index contributed by atoms with van der Waals surface area (Å²) in [6.07, 6.45) is 1.84. The van der Waals surface area contributed by atoms with Gasteiger partial charge in [-0.3, -0.25) is 96.1 Å². The highest BCUT2D eigenvalue weighted by Gasteiger charge is 2.47. The van der Waals surface area contributed by atoms with Gasteiger partial charge >= 0.3 is 11.9 Å². The number of carboxylic acids is 2. The topological polar surface area (TPSA) is 659 Å². The Hall–Kier alpha value is -14.2. The van der Waals surface area contributed by atoms with E-state index in [9.17, 15) is 83.1 Å². The van der Waals surface area contributed by atoms with Gasteiger partial charge in [-0.05, 0) is 98.9 Å². The largest absolute Gasteiger partial charge is 0.508 e. The number of aromatic nitrogens is 2. The van der Waals surface area contributed by atoms with Gasteiger partial charge in [0.1, 0.15) is 96.9 Å². The fraction of sp³-hybridized carbons (Fsp3) is 0.511. The highest BCUT2D eigenvalue weighted by molar-refractivity contribution is 6.03. The number of primary amides is 2. The van der Waals surface area contributed by atoms with Crippen molar-refractivity contribution in [2.24, 2.45) is 16.5 Å². The van der Waals surface area contributed by atoms with Gasteiger partial charge in [-0.2, -0.15) is 0 Å². The zero-order valence-corrected chi connectivity index (χ0v) is 76.1. The number of nitrogens with zero attached hydrogens (tertiary/aromatic N) is 7. The molecule has 0 radical (unpaired) electrons. The highest BCUT2D eigenvalue weighted by atomic mass is 16.4. The van der Waals surface area contributed by atoms with Crippen molar-refractivity contribution in [3.8, 4) is 5.75 Å². The lowest BCUT2D eigenvalue weighted by molar-refractivity contribution is -0.149. The number of phenols is 1. The van der Waals surface area contributed by atoms with E-state index in [1.807, 2.05) is 0 Å². The minimum Gasteiger partial charge on any atom is -0.508 e. The van der Waals surface area contributed by atoms with E-state index in [1.165, 1.54) is 75.4 Å². The molecular weight excluding hydrogens is 1760 g/mol. The normalized spacial score (nSPS) is 25.1. The van der Waals surface area contributed by atoms with Gasteiger partial charge in [-0.25, -0.2) is 0 Å². The van der Waals surface area contributed by atoms with E-state index in [0.29, 0.717) is 63.3 Å². The van der Waals surface area contributed by atoms with Crippen molar-refractivity contribution < 1.29 is 117 Å². The van der Waals surface area contributed by atoms with Gasteiger partial charge in [0, 0.05) is 126 Å². The molecule has 135 heavy (non-hydrogen) atoms. The van der Waals surface area contributed by atoms with Gasteiger partial charge in [-0.1, -0.05) is 88.1 Å². The number of amides is 17. The number of H-pyrrole nitrogens is 1. The Morgan fingerprint density at radius 1 is 0.556 bits per heavy atom. The van der Waals surface area contributed by atoms with Gasteiger partial charge in [0.15, 0.2) is 0 Å². The van der Waals surface area contributed by atoms with Crippen LogP contribution in [0, 0.1) is 0 Å². The van der Waals surface area contributed by atoms with Crippen molar-refractivity contribution in [3.63, 3.8) is 0 Å². The summed E-state index contributed by atoms with van der Waals surface area (Å²) >= 11 is 0. The molecule has 730 valence electrons. The number of benzene rings is 3. The zero-order valence-electron chi connectivity index (χ0n) is 76.1. The summed E-state index contributed by atoms with van der Waals surface area (Å²) in [5, 5.41) is 82.3. The number of carbonyl (C=O) groups is 19. The van der Waals surface area contributed by atoms with E-state index in [2.05, 4.69) is 68.5 Å². The molecule has 0 saturated carbocycles. The summed E-state index contributed by atoms with van der Waals surface area (Å²) in [4.78, 5) is 285. The number of aliphatic hydroxyl groups excluding tert-OH is 2. The van der Waals surface area contributed by atoms with Crippen LogP contribution in [0.5, 0.6) is 5.75 Å². The van der Waals surface area contributed by atoms with E-state index in [4.69, 9.17) is 11.5 Å². The first-order valence-electron chi connectivity index (χ1n) is 44.7. The van der Waals surface area contributed by atoms with Crippen LogP contribution in [0.1, 0.15) is 134 Å². The Balaban J connectivity index is 1.10. The molecule has 3 fully saturated rings. The minimum absolute atomic E-state index is 0.0359. The van der Waals surface area contributed by atoms with Crippen LogP contribution in [0.3, 0.4) is 0 Å². The number of unbranched alkanes of at least 4 members (excludes halogenated alkanes) is 2. The molecule has 0 unspecified atom stereocenters. The van der Waals surface area contributed by atoms with Crippen molar-refractivity contribution in [2.75, 3.05) is 60.5 Å². The Labute approximate surface area is 776 Å². The molecule has 0 spiro atoms. The molecule has 6 heterocycles. The van der Waals surface area contributed by atoms with Crippen LogP contribution < -0.4 is 70.0 Å². The van der Waals surface area contributed by atoms with Crippen LogP contribution in [0.4, 0.5) is 0 Å². The van der Waals surface area contributed by atoms with Crippen molar-refractivity contribution in [1.82, 2.24) is 92.5 Å². The van der Waals surface area contributed by atoms with E-state index in [-0.39, 0.29) is 70.1 Å². The summed E-state index contributed by atoms with van der Waals surface area (Å²) in [5.74, 6) is -20.4. The SMILES string of the molecule is CCCC[C@H]1C(=O)N(C)[C@@H](CCCC)C(=O)N[C@@H](C)C(=O)N[C@H](C(=O)NCC(N)=O)CNCC(=O)N[C@@H](Cc2ccc(O)cc2)C(=O)N(C)[C@@H](C)C(=O)N[C@@H](CC(=O)O)C(=O)N2CCC[C@H]2C(=O)N[C@@H](CC2=CN=CC2)C(=O)N[C@@H](CCC(N)=O)C(=O)N2C[C@H](O)C[C@H]2C(=O)N[C@@H](Cc2c[nH]c3ccccc23)C(=O)N[C@@H](CO)C(=O)N[C@@H](Cc2cn(CC(=O)O)c3ccccc23)C(=O)N1C. The van der Waals surface area contributed by atoms with Crippen LogP contribution >= 0.6 is 0 Å². The van der Waals surface area contributed by atoms with Crippen LogP contribution in [-0.2, 0) is 117 Å². The number of aliphatic carboxylic acids is 2. The lowest BCUT2D eigenvalue weighted by Crippen LogP contribution is -2.61. The summed E-state index contributed by atoms with van der Waals surface area (Å²) in [6, 6.07) is -4.43. The van der Waals surface area contributed by atoms with E-state index >= 15 is 33.6 Å². The molecule has 5 aromatic rings. The number of aliphatic hydroxyl groups is 2. The predicted octanol–water partition coefficient (Wildman–Crippen LogP) is -4.16. The molecule has 3 saturated heterocycles. The van der Waals surface area contributed by atoms with Crippen LogP contribution in [0.15, 0.2) is 102 Å². The second kappa shape index (κ2) is 48.9. The number of nitrogens with two attached hydrogens (primary N) is 2. The van der Waals surface area contributed by atoms with Crippen molar-refractivity contribution in [3.05, 3.63) is 114 Å². The quantitative estimate of drug-likeness (QED) is 0.0264. The predicted molar refractivity (Wildman–Crippen MR) is 484 cm³/mol. The molecule has 0 bridgehead atoms. The smallest absolute Gasteiger partial charge is 0.323 e. The molecule has 17 amide bonds. The summed E-state index contributed by atoms with van der Waals surface area (Å²) in [7, 11) is 3.74. The molecule has 0 aliphatic carbocycles. The Morgan fingerprint density at radius 2 is 1.14 bits per heavy atom. The number of carboxylic acid groups (broad SMARTS) is 2. The number of nitrogens with one attached hydrogen (secondary N) is 12. The molecule has 9 rings (SSSR count). The van der Waals surface area contributed by atoms with Gasteiger partial charge < -0.3 is 130 Å². The molecule has 45 heteroatoms. The second-order valence-electron chi connectivity index (χ2n) is 34.2. The van der Waals surface area contributed by atoms with Crippen molar-refractivity contribution in [1.29, 1.82) is 0 Å². The third-order valence-electron chi connectivity index (χ3n) is 24.2. The monoisotopic (exact) mass is 1880 g/mol. The van der Waals surface area contributed by atoms with Gasteiger partial charge in [0.2, 0.25) is 100 Å². The number of aliphatic imine (C=N–C) groups is 1. The first kappa shape index (κ1) is 104. The van der Waals surface area contributed by atoms with Gasteiger partial charge in [0.25, 0.3) is 0 Å². The number of rotatable bonds is 25. The molecular formula is C90H121N21O24. The number of aromatic amines is 1. The average Bonchev–Trinajstić information content (AvgIpc) is 1.65. The number of para-hydroxylation sites is 2. The second-order valence-corrected chi connectivity index (χ2v) is 34.2. The third-order valence-corrected chi connectivity index (χ3v) is 24.2. The maximum atomic E-state index is 15.8. The fourth-order valence-electron chi connectivity index (χ4n) is 16.7. The maximum Gasteiger partial charge on any atom is 0.323 e. The lowest BCUT2D eigenvalue weighted by Gasteiger charge is -2.36. The van der Waals surface area contributed by atoms with Crippen molar-refractivity contribution in [2.45, 2.75) is 234 Å². The summed E-state index contributed by atoms with van der Waals surface area (Å²) in [5.41, 5.74) is 13.5. The van der Waals surface area contributed by atoms with Gasteiger partial charge in [0.05, 0.1) is 32.2 Å². The average molecular weight is 1880 g/mol. The number of hydrogen-bond acceptors (Lipinski definition) is 24. The molecule has 4 aliphatic heterocycles. The highest BCUT2D eigenvalue weighted by Crippen LogP contribution is 2.29. The number of fused-ring (bicyclic) bond motifs is 4. The minimum atomic E-state index is -2.00. The Bertz CT molecular complexity index is 5290. The van der Waals surface area contributed by atoms with Crippen LogP contribution in [0.2, 0.25) is 0 Å². The fourth-order valence-corrected chi connectivity index (χ4v) is 16.7. The van der Waals surface area contributed by atoms with Crippen LogP contribution in [-0.4, -0.2) is 329 Å². The van der Waals surface area contributed by atoms with E-state index < -0.39 is 274 Å². The van der Waals surface area contributed by atoms with Crippen molar-refractivity contribution >= 4 is 140 Å². The Kier molecular flexibility index (Phi) is 37.9. The number of phenolic OH excluding ortho intramolecular Hbond substituents is 1. The standard InChI is InChI=1S/C90H121N21O24/c1-8-10-20-68-83(128)97-48(3)77(122)104-65(79(124)96-42-73(92)116)41-94-43-74(117)98-62(33-50-24-26-54(113)27-25-50)86(131)106(5)49(4)78(123)102-64(38-75(118)119)89(134)110-32-16-23-69(110)84(129)100-60(34-51-30-31-93-39-51)80(125)99-59(28-29-72(91)115)88(133)111-45-55(114)37-71(111)85(130)101-61(35-52-40-95-58-19-14-12-17-56(52)58)81(126)105-66(47-112)82(127)103-63(87(132)108(7)70(21-11-9-2)90(135)107(68)6)36-53-44-109(46-76(120)121)67-22-15-13-18-57(53)67/h12-15,17-19,22,24-27,31,39-40,44,48-49,55,59-66,68-71,94-95,112-114H,8-11,16,20-21,23,28-30,32-38,41-43,45-47H2,1-7H3,(H2,91,115)(H2,92,116)(H,96,124)(H,97,128)(H,98,117)(H,99,125)(H,100,129)(H,101,130)(H,102,123)(H,103,127)(H,104,122)(H,105,126)(H,118,119)(H,120,121)/t48-,49-,55+,59-,60-,61-,62-,63-,64-,65-,66-,68-,69-,70-,71-/m0/s1. The molecule has 3 aromatic carbocycles. The first-order chi connectivity index (χ1) is 64.2. The molecule has 21 N–H and O–H groups in total. The number of likely N-dealkylation sites (N-methyl/N-ethyl adjacent to an activating group) is 3. The molecule has 15 atom stereocenters. The Morgan fingerprint density at radius 3 is 1.79 bits per heavy atom. The van der Waals surface area contributed by atoms with E-state index in [1.54, 1.807) is 68.6 Å².